The van der Waals surface area contributed by atoms with E-state index in [4.69, 9.17) is 5.26 Å². The summed E-state index contributed by atoms with van der Waals surface area (Å²) in [6.07, 6.45) is 5.26. The number of nitrogens with zero attached hydrogens (tertiary/aromatic N) is 2. The van der Waals surface area contributed by atoms with E-state index in [0.29, 0.717) is 36.1 Å². The number of hydrogen-bond donors (Lipinski definition) is 2. The van der Waals surface area contributed by atoms with E-state index in [1.165, 1.54) is 12.5 Å². The van der Waals surface area contributed by atoms with Crippen molar-refractivity contribution in [1.29, 1.82) is 5.26 Å². The maximum absolute atomic E-state index is 14.6. The van der Waals surface area contributed by atoms with Gasteiger partial charge in [0.15, 0.2) is 0 Å². The molecule has 1 aromatic rings. The number of hydrogen-bond acceptors (Lipinski definition) is 4. The molecule has 3 aliphatic rings. The van der Waals surface area contributed by atoms with Gasteiger partial charge in [-0.05, 0) is 80.6 Å². The number of carboxylic acids is 1. The summed E-state index contributed by atoms with van der Waals surface area (Å²) in [6, 6.07) is 7.35. The number of carbonyl (C=O) groups is 1. The van der Waals surface area contributed by atoms with E-state index in [1.807, 2.05) is 6.07 Å². The van der Waals surface area contributed by atoms with Crippen LogP contribution in [0.15, 0.2) is 18.2 Å². The smallest absolute Gasteiger partial charge is 0.310 e. The predicted molar refractivity (Wildman–Crippen MR) is 108 cm³/mol. The van der Waals surface area contributed by atoms with Gasteiger partial charge in [-0.25, -0.2) is 4.39 Å². The molecule has 1 saturated heterocycles. The summed E-state index contributed by atoms with van der Waals surface area (Å²) < 4.78 is 14.6. The van der Waals surface area contributed by atoms with Gasteiger partial charge in [0.2, 0.25) is 0 Å². The highest BCUT2D eigenvalue weighted by Crippen LogP contribution is 2.47. The van der Waals surface area contributed by atoms with Crippen LogP contribution >= 0.6 is 0 Å². The highest BCUT2D eigenvalue weighted by atomic mass is 19.1. The Kier molecular flexibility index (Phi) is 5.39. The van der Waals surface area contributed by atoms with Crippen LogP contribution in [0.4, 0.5) is 4.39 Å². The number of likely N-dealkylation sites (tertiary alicyclic amines) is 1. The van der Waals surface area contributed by atoms with Crippen molar-refractivity contribution in [3.05, 3.63) is 35.1 Å². The SMILES string of the molecule is C[C@@H]1C[C@H]1NCC1(Cc2ccc(C#N)cc2F)CCN(CC2(C(=O)O)CC2)CC1. The van der Waals surface area contributed by atoms with Crippen LogP contribution in [0.2, 0.25) is 0 Å². The summed E-state index contributed by atoms with van der Waals surface area (Å²) >= 11 is 0. The van der Waals surface area contributed by atoms with Crippen molar-refractivity contribution in [1.82, 2.24) is 10.2 Å². The third kappa shape index (κ3) is 4.46. The molecule has 2 N–H and O–H groups in total. The summed E-state index contributed by atoms with van der Waals surface area (Å²) in [5.74, 6) is -0.254. The topological polar surface area (TPSA) is 76.4 Å². The number of rotatable bonds is 8. The largest absolute Gasteiger partial charge is 0.481 e. The van der Waals surface area contributed by atoms with Gasteiger partial charge in [0.1, 0.15) is 5.82 Å². The van der Waals surface area contributed by atoms with Crippen molar-refractivity contribution >= 4 is 5.97 Å². The van der Waals surface area contributed by atoms with E-state index in [0.717, 1.165) is 45.3 Å². The van der Waals surface area contributed by atoms with Crippen LogP contribution in [-0.4, -0.2) is 48.2 Å². The quantitative estimate of drug-likeness (QED) is 0.702. The molecule has 2 saturated carbocycles. The van der Waals surface area contributed by atoms with Crippen molar-refractivity contribution in [2.75, 3.05) is 26.2 Å². The van der Waals surface area contributed by atoms with Crippen LogP contribution in [0.1, 0.15) is 50.2 Å². The number of benzene rings is 1. The Hall–Kier alpha value is -1.97. The Morgan fingerprint density at radius 1 is 1.34 bits per heavy atom. The van der Waals surface area contributed by atoms with Gasteiger partial charge in [-0.15, -0.1) is 0 Å². The molecule has 0 spiro atoms. The van der Waals surface area contributed by atoms with Gasteiger partial charge >= 0.3 is 5.97 Å². The van der Waals surface area contributed by atoms with E-state index in [1.54, 1.807) is 12.1 Å². The van der Waals surface area contributed by atoms with Crippen LogP contribution in [-0.2, 0) is 11.2 Å². The number of nitriles is 1. The molecule has 6 heteroatoms. The van der Waals surface area contributed by atoms with Gasteiger partial charge in [0.25, 0.3) is 0 Å². The lowest BCUT2D eigenvalue weighted by molar-refractivity contribution is -0.144. The summed E-state index contributed by atoms with van der Waals surface area (Å²) in [6.45, 7) is 5.45. The number of nitrogens with one attached hydrogen (secondary N) is 1. The average molecular weight is 400 g/mol. The molecular weight excluding hydrogens is 369 g/mol. The maximum Gasteiger partial charge on any atom is 0.310 e. The van der Waals surface area contributed by atoms with E-state index in [-0.39, 0.29) is 11.2 Å². The molecule has 5 nitrogen and oxygen atoms in total. The van der Waals surface area contributed by atoms with Gasteiger partial charge in [-0.3, -0.25) is 4.79 Å². The molecule has 2 aliphatic carbocycles. The van der Waals surface area contributed by atoms with Crippen molar-refractivity contribution in [3.63, 3.8) is 0 Å². The zero-order valence-electron chi connectivity index (χ0n) is 17.1. The zero-order chi connectivity index (χ0) is 20.6. The number of aliphatic carboxylic acids is 1. The van der Waals surface area contributed by atoms with Gasteiger partial charge in [-0.1, -0.05) is 13.0 Å². The molecule has 156 valence electrons. The van der Waals surface area contributed by atoms with E-state index >= 15 is 0 Å². The average Bonchev–Trinajstić information content (AvgIpc) is 3.62. The number of carboxylic acid groups (broad SMARTS) is 1. The molecule has 3 fully saturated rings. The van der Waals surface area contributed by atoms with Crippen molar-refractivity contribution in [3.8, 4) is 6.07 Å². The Balaban J connectivity index is 1.44. The van der Waals surface area contributed by atoms with Gasteiger partial charge in [0.05, 0.1) is 17.0 Å². The monoisotopic (exact) mass is 399 g/mol. The van der Waals surface area contributed by atoms with Crippen LogP contribution in [0.3, 0.4) is 0 Å². The molecule has 4 rings (SSSR count). The van der Waals surface area contributed by atoms with Crippen LogP contribution in [0.25, 0.3) is 0 Å². The van der Waals surface area contributed by atoms with Gasteiger partial charge in [-0.2, -0.15) is 5.26 Å². The fraction of sp³-hybridized carbons (Fsp3) is 0.652. The Morgan fingerprint density at radius 2 is 2.03 bits per heavy atom. The first-order chi connectivity index (χ1) is 13.8. The summed E-state index contributed by atoms with van der Waals surface area (Å²) in [5.41, 5.74) is 0.463. The minimum absolute atomic E-state index is 0.0340. The first-order valence-electron chi connectivity index (χ1n) is 10.7. The number of piperidine rings is 1. The third-order valence-electron chi connectivity index (χ3n) is 7.35. The second-order valence-corrected chi connectivity index (χ2v) is 9.66. The Morgan fingerprint density at radius 3 is 2.55 bits per heavy atom. The lowest BCUT2D eigenvalue weighted by Crippen LogP contribution is -2.48. The van der Waals surface area contributed by atoms with E-state index in [2.05, 4.69) is 17.1 Å². The summed E-state index contributed by atoms with van der Waals surface area (Å²) in [4.78, 5) is 13.8. The molecule has 1 aromatic carbocycles. The molecule has 0 aromatic heterocycles. The van der Waals surface area contributed by atoms with Crippen molar-refractivity contribution < 1.29 is 14.3 Å². The lowest BCUT2D eigenvalue weighted by atomic mass is 9.73. The van der Waals surface area contributed by atoms with Crippen LogP contribution in [0.5, 0.6) is 0 Å². The lowest BCUT2D eigenvalue weighted by Gasteiger charge is -2.43. The minimum atomic E-state index is -0.668. The normalized spacial score (nSPS) is 27.2. The van der Waals surface area contributed by atoms with Crippen molar-refractivity contribution in [2.45, 2.75) is 51.5 Å². The molecule has 0 unspecified atom stereocenters. The number of halogens is 1. The highest BCUT2D eigenvalue weighted by molar-refractivity contribution is 5.78. The standard InChI is InChI=1S/C23H30FN3O2/c1-16-10-20(16)26-14-22(12-18-3-2-17(13-25)11-19(18)24)6-8-27(9-7-22)15-23(4-5-23)21(28)29/h2-3,11,16,20,26H,4-10,12,14-15H2,1H3,(H,28,29)/t16-,20-/m1/s1. The zero-order valence-corrected chi connectivity index (χ0v) is 17.1. The second-order valence-electron chi connectivity index (χ2n) is 9.66. The molecule has 1 aliphatic heterocycles. The fourth-order valence-corrected chi connectivity index (χ4v) is 4.74. The van der Waals surface area contributed by atoms with Gasteiger partial charge in [0, 0.05) is 19.1 Å². The fourth-order valence-electron chi connectivity index (χ4n) is 4.74. The minimum Gasteiger partial charge on any atom is -0.481 e. The molecule has 0 bridgehead atoms. The first-order valence-corrected chi connectivity index (χ1v) is 10.7. The molecule has 1 heterocycles. The van der Waals surface area contributed by atoms with Crippen LogP contribution in [0, 0.1) is 33.9 Å². The van der Waals surface area contributed by atoms with E-state index in [9.17, 15) is 14.3 Å². The summed E-state index contributed by atoms with van der Waals surface area (Å²) in [5, 5.41) is 22.2. The predicted octanol–water partition coefficient (Wildman–Crippen LogP) is 3.18. The summed E-state index contributed by atoms with van der Waals surface area (Å²) in [7, 11) is 0. The van der Waals surface area contributed by atoms with Crippen molar-refractivity contribution in [2.24, 2.45) is 16.7 Å². The molecule has 0 radical (unpaired) electrons. The second kappa shape index (κ2) is 7.70. The first kappa shape index (κ1) is 20.3. The third-order valence-corrected chi connectivity index (χ3v) is 7.35. The van der Waals surface area contributed by atoms with E-state index < -0.39 is 11.4 Å². The Bertz CT molecular complexity index is 822. The molecular formula is C23H30FN3O2. The maximum atomic E-state index is 14.6. The van der Waals surface area contributed by atoms with Crippen LogP contribution < -0.4 is 5.32 Å². The molecule has 2 atom stereocenters. The highest BCUT2D eigenvalue weighted by Gasteiger charge is 2.52. The van der Waals surface area contributed by atoms with Gasteiger partial charge < -0.3 is 15.3 Å². The Labute approximate surface area is 171 Å². The molecule has 29 heavy (non-hydrogen) atoms. The molecule has 0 amide bonds.